The van der Waals surface area contributed by atoms with Gasteiger partial charge < -0.3 is 16.0 Å². The van der Waals surface area contributed by atoms with E-state index in [2.05, 4.69) is 12.2 Å². The lowest BCUT2D eigenvalue weighted by Gasteiger charge is -2.16. The highest BCUT2D eigenvalue weighted by Gasteiger charge is 2.32. The summed E-state index contributed by atoms with van der Waals surface area (Å²) in [4.78, 5) is 13.6. The van der Waals surface area contributed by atoms with Gasteiger partial charge in [0, 0.05) is 32.0 Å². The summed E-state index contributed by atoms with van der Waals surface area (Å²) in [5, 5.41) is 3.35. The number of anilines is 2. The van der Waals surface area contributed by atoms with Crippen LogP contribution in [0.15, 0.2) is 18.2 Å². The highest BCUT2D eigenvalue weighted by Crippen LogP contribution is 2.37. The number of nitrogens with zero attached hydrogens (tertiary/aromatic N) is 1. The molecular weight excluding hydrogens is 226 g/mol. The third-order valence-corrected chi connectivity index (χ3v) is 3.51. The molecule has 0 spiro atoms. The maximum atomic E-state index is 12.0. The van der Waals surface area contributed by atoms with Gasteiger partial charge in [-0.1, -0.05) is 6.92 Å². The summed E-state index contributed by atoms with van der Waals surface area (Å²) in [5.41, 5.74) is 7.99. The van der Waals surface area contributed by atoms with Crippen LogP contribution in [0.2, 0.25) is 0 Å². The van der Waals surface area contributed by atoms with E-state index < -0.39 is 0 Å². The molecule has 1 saturated carbocycles. The number of hydrogen-bond acceptors (Lipinski definition) is 3. The van der Waals surface area contributed by atoms with Crippen LogP contribution in [0.1, 0.15) is 23.7 Å². The maximum Gasteiger partial charge on any atom is 0.255 e. The highest BCUT2D eigenvalue weighted by molar-refractivity contribution is 6.00. The summed E-state index contributed by atoms with van der Waals surface area (Å²) < 4.78 is 0. The predicted molar refractivity (Wildman–Crippen MR) is 74.6 cm³/mol. The van der Waals surface area contributed by atoms with Crippen LogP contribution in [-0.4, -0.2) is 31.4 Å². The molecule has 0 bridgehead atoms. The normalized spacial score (nSPS) is 21.5. The number of nitrogens with one attached hydrogen (secondary N) is 1. The van der Waals surface area contributed by atoms with Gasteiger partial charge in [-0.3, -0.25) is 4.79 Å². The number of hydrogen-bond donors (Lipinski definition) is 2. The second-order valence-electron chi connectivity index (χ2n) is 5.36. The molecule has 18 heavy (non-hydrogen) atoms. The minimum absolute atomic E-state index is 0.00125. The van der Waals surface area contributed by atoms with E-state index in [1.54, 1.807) is 31.1 Å². The Morgan fingerprint density at radius 1 is 1.50 bits per heavy atom. The van der Waals surface area contributed by atoms with Gasteiger partial charge >= 0.3 is 0 Å². The Kier molecular flexibility index (Phi) is 3.45. The van der Waals surface area contributed by atoms with Gasteiger partial charge in [0.15, 0.2) is 0 Å². The van der Waals surface area contributed by atoms with Crippen LogP contribution in [-0.2, 0) is 0 Å². The molecule has 2 rings (SSSR count). The van der Waals surface area contributed by atoms with Crippen molar-refractivity contribution >= 4 is 17.3 Å². The zero-order chi connectivity index (χ0) is 13.3. The van der Waals surface area contributed by atoms with Gasteiger partial charge in [0.25, 0.3) is 5.91 Å². The smallest absolute Gasteiger partial charge is 0.255 e. The molecule has 0 radical (unpaired) electrons. The van der Waals surface area contributed by atoms with Crippen LogP contribution < -0.4 is 11.1 Å². The van der Waals surface area contributed by atoms with Crippen molar-refractivity contribution in [3.63, 3.8) is 0 Å². The lowest BCUT2D eigenvalue weighted by atomic mass is 10.1. The molecule has 0 heterocycles. The summed E-state index contributed by atoms with van der Waals surface area (Å²) in [7, 11) is 3.51. The molecule has 4 nitrogen and oxygen atoms in total. The van der Waals surface area contributed by atoms with Crippen molar-refractivity contribution in [3.8, 4) is 0 Å². The highest BCUT2D eigenvalue weighted by atomic mass is 16.2. The molecule has 0 aliphatic heterocycles. The van der Waals surface area contributed by atoms with E-state index in [1.165, 1.54) is 6.42 Å². The second-order valence-corrected chi connectivity index (χ2v) is 5.36. The van der Waals surface area contributed by atoms with Crippen molar-refractivity contribution in [1.82, 2.24) is 4.90 Å². The third kappa shape index (κ3) is 2.75. The predicted octanol–water partition coefficient (Wildman–Crippen LogP) is 2.04. The zero-order valence-electron chi connectivity index (χ0n) is 11.2. The minimum Gasteiger partial charge on any atom is -0.399 e. The molecule has 1 amide bonds. The van der Waals surface area contributed by atoms with E-state index in [9.17, 15) is 4.79 Å². The number of rotatable bonds is 4. The fourth-order valence-electron chi connectivity index (χ4n) is 2.06. The molecular formula is C14H21N3O. The molecule has 1 fully saturated rings. The fraction of sp³-hybridized carbons (Fsp3) is 0.500. The van der Waals surface area contributed by atoms with Gasteiger partial charge in [-0.15, -0.1) is 0 Å². The van der Waals surface area contributed by atoms with Gasteiger partial charge in [-0.2, -0.15) is 0 Å². The van der Waals surface area contributed by atoms with Crippen LogP contribution in [0.25, 0.3) is 0 Å². The van der Waals surface area contributed by atoms with Crippen molar-refractivity contribution in [1.29, 1.82) is 0 Å². The summed E-state index contributed by atoms with van der Waals surface area (Å²) in [6.45, 7) is 3.16. The monoisotopic (exact) mass is 247 g/mol. The van der Waals surface area contributed by atoms with E-state index in [0.29, 0.717) is 11.3 Å². The Morgan fingerprint density at radius 3 is 2.72 bits per heavy atom. The standard InChI is InChI=1S/C14H21N3O/c1-9-6-10(9)8-16-13-7-11(15)4-5-12(13)14(18)17(2)3/h4-5,7,9-10,16H,6,8,15H2,1-3H3. The first-order valence-electron chi connectivity index (χ1n) is 6.34. The van der Waals surface area contributed by atoms with Crippen LogP contribution in [0, 0.1) is 11.8 Å². The maximum absolute atomic E-state index is 12.0. The van der Waals surface area contributed by atoms with Crippen molar-refractivity contribution in [3.05, 3.63) is 23.8 Å². The number of nitrogens with two attached hydrogens (primary N) is 1. The molecule has 1 aromatic carbocycles. The van der Waals surface area contributed by atoms with E-state index >= 15 is 0 Å². The van der Waals surface area contributed by atoms with Crippen LogP contribution in [0.3, 0.4) is 0 Å². The quantitative estimate of drug-likeness (QED) is 0.800. The van der Waals surface area contributed by atoms with Crippen LogP contribution in [0.4, 0.5) is 11.4 Å². The van der Waals surface area contributed by atoms with Crippen LogP contribution >= 0.6 is 0 Å². The molecule has 0 aromatic heterocycles. The number of carbonyl (C=O) groups excluding carboxylic acids is 1. The Balaban J connectivity index is 2.15. The topological polar surface area (TPSA) is 58.4 Å². The van der Waals surface area contributed by atoms with Gasteiger partial charge in [-0.25, -0.2) is 0 Å². The van der Waals surface area contributed by atoms with Crippen LogP contribution in [0.5, 0.6) is 0 Å². The van der Waals surface area contributed by atoms with E-state index in [-0.39, 0.29) is 5.91 Å². The number of benzene rings is 1. The molecule has 3 N–H and O–H groups in total. The Hall–Kier alpha value is -1.71. The second kappa shape index (κ2) is 4.88. The SMILES string of the molecule is CC1CC1CNc1cc(N)ccc1C(=O)N(C)C. The molecule has 0 saturated heterocycles. The Labute approximate surface area is 108 Å². The lowest BCUT2D eigenvalue weighted by Crippen LogP contribution is -2.23. The third-order valence-electron chi connectivity index (χ3n) is 3.51. The largest absolute Gasteiger partial charge is 0.399 e. The van der Waals surface area contributed by atoms with Gasteiger partial charge in [0.1, 0.15) is 0 Å². The Morgan fingerprint density at radius 2 is 2.17 bits per heavy atom. The fourth-order valence-corrected chi connectivity index (χ4v) is 2.06. The first-order valence-corrected chi connectivity index (χ1v) is 6.34. The molecule has 1 aromatic rings. The summed E-state index contributed by atoms with van der Waals surface area (Å²) >= 11 is 0. The molecule has 2 unspecified atom stereocenters. The number of amides is 1. The van der Waals surface area contributed by atoms with Gasteiger partial charge in [0.05, 0.1) is 5.56 Å². The van der Waals surface area contributed by atoms with Crippen molar-refractivity contribution in [2.75, 3.05) is 31.7 Å². The molecule has 2 atom stereocenters. The minimum atomic E-state index is 0.00125. The average Bonchev–Trinajstić information content (AvgIpc) is 3.02. The van der Waals surface area contributed by atoms with Crippen molar-refractivity contribution in [2.45, 2.75) is 13.3 Å². The molecule has 4 heteroatoms. The summed E-state index contributed by atoms with van der Waals surface area (Å²) in [6, 6.07) is 5.39. The van der Waals surface area contributed by atoms with Crippen molar-refractivity contribution < 1.29 is 4.79 Å². The van der Waals surface area contributed by atoms with Crippen molar-refractivity contribution in [2.24, 2.45) is 11.8 Å². The molecule has 1 aliphatic rings. The zero-order valence-corrected chi connectivity index (χ0v) is 11.2. The molecule has 1 aliphatic carbocycles. The average molecular weight is 247 g/mol. The summed E-state index contributed by atoms with van der Waals surface area (Å²) in [6.07, 6.45) is 1.27. The number of nitrogen functional groups attached to an aromatic ring is 1. The van der Waals surface area contributed by atoms with E-state index in [0.717, 1.165) is 24.1 Å². The Bertz CT molecular complexity index is 456. The van der Waals surface area contributed by atoms with E-state index in [4.69, 9.17) is 5.73 Å². The first-order chi connectivity index (χ1) is 8.49. The van der Waals surface area contributed by atoms with Gasteiger partial charge in [-0.05, 0) is 36.5 Å². The molecule has 98 valence electrons. The van der Waals surface area contributed by atoms with Gasteiger partial charge in [0.2, 0.25) is 0 Å². The lowest BCUT2D eigenvalue weighted by molar-refractivity contribution is 0.0828. The van der Waals surface area contributed by atoms with E-state index in [1.807, 2.05) is 6.07 Å². The first kappa shape index (κ1) is 12.7. The number of carbonyl (C=O) groups is 1. The summed E-state index contributed by atoms with van der Waals surface area (Å²) in [5.74, 6) is 1.53.